The van der Waals surface area contributed by atoms with E-state index in [1.165, 1.54) is 36.4 Å². The lowest BCUT2D eigenvalue weighted by Crippen LogP contribution is -2.14. The van der Waals surface area contributed by atoms with Gasteiger partial charge >= 0.3 is 0 Å². The molecule has 2 N–H and O–H groups in total. The molecule has 0 fully saturated rings. The van der Waals surface area contributed by atoms with E-state index >= 15 is 0 Å². The summed E-state index contributed by atoms with van der Waals surface area (Å²) >= 11 is 5.91. The van der Waals surface area contributed by atoms with E-state index in [2.05, 4.69) is 4.72 Å². The molecule has 0 aliphatic rings. The molecule has 2 aromatic rings. The number of hydrogen-bond acceptors (Lipinski definition) is 4. The van der Waals surface area contributed by atoms with Crippen LogP contribution in [0.25, 0.3) is 0 Å². The third kappa shape index (κ3) is 3.10. The van der Waals surface area contributed by atoms with Crippen molar-refractivity contribution in [2.24, 2.45) is 0 Å². The normalized spacial score (nSPS) is 10.9. The Kier molecular flexibility index (Phi) is 4.07. The zero-order valence-electron chi connectivity index (χ0n) is 11.0. The lowest BCUT2D eigenvalue weighted by atomic mass is 10.2. The molecule has 2 aromatic carbocycles. The first-order valence-electron chi connectivity index (χ1n) is 5.86. The second kappa shape index (κ2) is 5.64. The Bertz CT molecular complexity index is 842. The third-order valence-corrected chi connectivity index (χ3v) is 4.75. The molecule has 0 aliphatic carbocycles. The summed E-state index contributed by atoms with van der Waals surface area (Å²) < 4.78 is 27.0. The molecule has 2 rings (SSSR count). The molecule has 0 radical (unpaired) electrons. The third-order valence-electron chi connectivity index (χ3n) is 2.90. The molecule has 108 valence electrons. The van der Waals surface area contributed by atoms with Crippen molar-refractivity contribution in [2.45, 2.75) is 11.8 Å². The largest absolute Gasteiger partial charge is 0.508 e. The number of benzene rings is 2. The maximum Gasteiger partial charge on any atom is 0.263 e. The van der Waals surface area contributed by atoms with Gasteiger partial charge in [-0.25, -0.2) is 8.42 Å². The highest BCUT2D eigenvalue weighted by Crippen LogP contribution is 2.28. The summed E-state index contributed by atoms with van der Waals surface area (Å²) in [5.41, 5.74) is 0.939. The molecule has 7 heteroatoms. The van der Waals surface area contributed by atoms with Crippen molar-refractivity contribution >= 4 is 27.3 Å². The van der Waals surface area contributed by atoms with Gasteiger partial charge in [-0.1, -0.05) is 17.7 Å². The second-order valence-electron chi connectivity index (χ2n) is 4.31. The molecule has 0 heterocycles. The molecule has 0 atom stereocenters. The van der Waals surface area contributed by atoms with Crippen LogP contribution in [-0.2, 0) is 10.0 Å². The lowest BCUT2D eigenvalue weighted by molar-refractivity contribution is 0.471. The molecule has 0 bridgehead atoms. The molecule has 5 nitrogen and oxygen atoms in total. The highest BCUT2D eigenvalue weighted by Gasteiger charge is 2.19. The monoisotopic (exact) mass is 322 g/mol. The molecule has 0 unspecified atom stereocenters. The Hall–Kier alpha value is -2.23. The van der Waals surface area contributed by atoms with Gasteiger partial charge in [-0.15, -0.1) is 0 Å². The number of rotatable bonds is 3. The fourth-order valence-corrected chi connectivity index (χ4v) is 3.39. The number of nitrogens with one attached hydrogen (secondary N) is 1. The van der Waals surface area contributed by atoms with Crippen LogP contribution in [-0.4, -0.2) is 13.5 Å². The van der Waals surface area contributed by atoms with Gasteiger partial charge in [0.2, 0.25) is 0 Å². The fraction of sp³-hybridized carbons (Fsp3) is 0.0714. The van der Waals surface area contributed by atoms with Crippen LogP contribution in [0.1, 0.15) is 11.1 Å². The summed E-state index contributed by atoms with van der Waals surface area (Å²) in [7, 11) is -3.91. The molecular weight excluding hydrogens is 312 g/mol. The van der Waals surface area contributed by atoms with Crippen molar-refractivity contribution in [2.75, 3.05) is 4.72 Å². The van der Waals surface area contributed by atoms with Gasteiger partial charge in [-0.3, -0.25) is 4.72 Å². The lowest BCUT2D eigenvalue weighted by Gasteiger charge is -2.12. The van der Waals surface area contributed by atoms with Gasteiger partial charge in [-0.2, -0.15) is 5.26 Å². The predicted octanol–water partition coefficient (Wildman–Crippen LogP) is 3.03. The zero-order valence-corrected chi connectivity index (χ0v) is 12.5. The van der Waals surface area contributed by atoms with E-state index in [0.717, 1.165) is 0 Å². The standard InChI is InChI=1S/C14H11ClN2O3S/c1-9-12(3-2-4-13(9)18)17-21(19,20)14-6-5-10(8-16)7-11(14)15/h2-7,17-18H,1H3. The number of phenols is 1. The number of phenolic OH excluding ortho intramolecular Hbond substituents is 1. The van der Waals surface area contributed by atoms with Crippen molar-refractivity contribution in [3.8, 4) is 11.8 Å². The molecule has 0 spiro atoms. The quantitative estimate of drug-likeness (QED) is 0.908. The second-order valence-corrected chi connectivity index (χ2v) is 6.37. The first-order chi connectivity index (χ1) is 9.85. The van der Waals surface area contributed by atoms with Crippen molar-refractivity contribution in [1.82, 2.24) is 0 Å². The minimum Gasteiger partial charge on any atom is -0.508 e. The maximum atomic E-state index is 12.3. The Morgan fingerprint density at radius 3 is 2.62 bits per heavy atom. The number of aromatic hydroxyl groups is 1. The first kappa shape index (κ1) is 15.2. The maximum absolute atomic E-state index is 12.3. The van der Waals surface area contributed by atoms with Gasteiger partial charge in [0.15, 0.2) is 0 Å². The minimum atomic E-state index is -3.91. The number of nitriles is 1. The van der Waals surface area contributed by atoms with Crippen LogP contribution in [0, 0.1) is 18.3 Å². The molecule has 0 aromatic heterocycles. The highest BCUT2D eigenvalue weighted by atomic mass is 35.5. The zero-order chi connectivity index (χ0) is 15.6. The summed E-state index contributed by atoms with van der Waals surface area (Å²) in [6.45, 7) is 1.59. The van der Waals surface area contributed by atoms with E-state index in [1.807, 2.05) is 6.07 Å². The van der Waals surface area contributed by atoms with Crippen LogP contribution >= 0.6 is 11.6 Å². The van der Waals surface area contributed by atoms with Gasteiger partial charge in [0.25, 0.3) is 10.0 Å². The van der Waals surface area contributed by atoms with E-state index in [4.69, 9.17) is 16.9 Å². The van der Waals surface area contributed by atoms with Crippen LogP contribution in [0.15, 0.2) is 41.3 Å². The molecule has 0 saturated carbocycles. The Labute approximate surface area is 127 Å². The summed E-state index contributed by atoms with van der Waals surface area (Å²) in [5, 5.41) is 18.3. The van der Waals surface area contributed by atoms with Gasteiger partial charge in [0.1, 0.15) is 10.6 Å². The average molecular weight is 323 g/mol. The number of nitrogens with zero attached hydrogens (tertiary/aromatic N) is 1. The van der Waals surface area contributed by atoms with Crippen molar-refractivity contribution < 1.29 is 13.5 Å². The summed E-state index contributed by atoms with van der Waals surface area (Å²) in [5.74, 6) is -0.0128. The number of anilines is 1. The van der Waals surface area contributed by atoms with E-state index in [0.29, 0.717) is 5.56 Å². The van der Waals surface area contributed by atoms with Gasteiger partial charge < -0.3 is 5.11 Å². The van der Waals surface area contributed by atoms with Gasteiger partial charge in [-0.05, 0) is 37.3 Å². The SMILES string of the molecule is Cc1c(O)cccc1NS(=O)(=O)c1ccc(C#N)cc1Cl. The van der Waals surface area contributed by atoms with Crippen molar-refractivity contribution in [3.05, 3.63) is 52.5 Å². The van der Waals surface area contributed by atoms with Crippen molar-refractivity contribution in [3.63, 3.8) is 0 Å². The van der Waals surface area contributed by atoms with Crippen LogP contribution in [0.5, 0.6) is 5.75 Å². The summed E-state index contributed by atoms with van der Waals surface area (Å²) in [6.07, 6.45) is 0. The van der Waals surface area contributed by atoms with E-state index in [-0.39, 0.29) is 26.9 Å². The van der Waals surface area contributed by atoms with E-state index in [9.17, 15) is 13.5 Å². The predicted molar refractivity (Wildman–Crippen MR) is 79.8 cm³/mol. The molecular formula is C14H11ClN2O3S. The van der Waals surface area contributed by atoms with Crippen LogP contribution < -0.4 is 4.72 Å². The number of halogens is 1. The van der Waals surface area contributed by atoms with E-state index < -0.39 is 10.0 Å². The van der Waals surface area contributed by atoms with E-state index in [1.54, 1.807) is 6.92 Å². The minimum absolute atomic E-state index is 0.0128. The van der Waals surface area contributed by atoms with Crippen molar-refractivity contribution in [1.29, 1.82) is 5.26 Å². The highest BCUT2D eigenvalue weighted by molar-refractivity contribution is 7.92. The Morgan fingerprint density at radius 1 is 1.29 bits per heavy atom. The fourth-order valence-electron chi connectivity index (χ4n) is 1.72. The smallest absolute Gasteiger partial charge is 0.263 e. The number of sulfonamides is 1. The summed E-state index contributed by atoms with van der Waals surface area (Å²) in [6, 6.07) is 10.3. The van der Waals surface area contributed by atoms with Gasteiger partial charge in [0, 0.05) is 5.56 Å². The summed E-state index contributed by atoms with van der Waals surface area (Å²) in [4.78, 5) is -0.133. The van der Waals surface area contributed by atoms with Crippen LogP contribution in [0.4, 0.5) is 5.69 Å². The molecule has 0 saturated heterocycles. The Morgan fingerprint density at radius 2 is 2.00 bits per heavy atom. The first-order valence-corrected chi connectivity index (χ1v) is 7.72. The van der Waals surface area contributed by atoms with Gasteiger partial charge in [0.05, 0.1) is 22.3 Å². The topological polar surface area (TPSA) is 90.2 Å². The molecule has 0 aliphatic heterocycles. The van der Waals surface area contributed by atoms with Crippen LogP contribution in [0.3, 0.4) is 0 Å². The number of hydrogen-bond donors (Lipinski definition) is 2. The van der Waals surface area contributed by atoms with Crippen LogP contribution in [0.2, 0.25) is 5.02 Å². The molecule has 0 amide bonds. The Balaban J connectivity index is 2.44. The average Bonchev–Trinajstić information content (AvgIpc) is 2.43. The molecule has 21 heavy (non-hydrogen) atoms.